The van der Waals surface area contributed by atoms with Gasteiger partial charge in [0.25, 0.3) is 0 Å². The molecule has 1 fully saturated rings. The molecular weight excluding hydrogens is 232 g/mol. The predicted molar refractivity (Wildman–Crippen MR) is 69.0 cm³/mol. The summed E-state index contributed by atoms with van der Waals surface area (Å²) in [7, 11) is 1.31. The Morgan fingerprint density at radius 3 is 2.67 bits per heavy atom. The smallest absolute Gasteiger partial charge is 0.328 e. The van der Waals surface area contributed by atoms with Gasteiger partial charge in [0, 0.05) is 6.04 Å². The highest BCUT2D eigenvalue weighted by Crippen LogP contribution is 2.17. The normalized spacial score (nSPS) is 17.2. The summed E-state index contributed by atoms with van der Waals surface area (Å²) in [6, 6.07) is -0.197. The second-order valence-corrected chi connectivity index (χ2v) is 4.53. The van der Waals surface area contributed by atoms with Crippen molar-refractivity contribution in [1.29, 1.82) is 0 Å². The van der Waals surface area contributed by atoms with Gasteiger partial charge in [0.15, 0.2) is 0 Å². The number of rotatable bonds is 7. The summed E-state index contributed by atoms with van der Waals surface area (Å²) in [6.07, 6.45) is 6.66. The summed E-state index contributed by atoms with van der Waals surface area (Å²) in [5.74, 6) is -0.622. The van der Waals surface area contributed by atoms with E-state index in [4.69, 9.17) is 0 Å². The molecule has 1 atom stereocenters. The van der Waals surface area contributed by atoms with Crippen LogP contribution in [0.25, 0.3) is 0 Å². The zero-order valence-corrected chi connectivity index (χ0v) is 10.9. The molecule has 2 N–H and O–H groups in total. The van der Waals surface area contributed by atoms with Crippen LogP contribution in [0.5, 0.6) is 0 Å². The number of carbonyl (C=O) groups excluding carboxylic acids is 2. The van der Waals surface area contributed by atoms with Gasteiger partial charge in [0.1, 0.15) is 6.04 Å². The lowest BCUT2D eigenvalue weighted by Gasteiger charge is -2.16. The molecule has 1 unspecified atom stereocenters. The fourth-order valence-electron chi connectivity index (χ4n) is 2.14. The topological polar surface area (TPSA) is 67.4 Å². The number of methoxy groups -OCH3 is 1. The van der Waals surface area contributed by atoms with Crippen LogP contribution in [0, 0.1) is 0 Å². The maximum atomic E-state index is 11.7. The predicted octanol–water partition coefficient (Wildman–Crippen LogP) is 0.752. The highest BCUT2D eigenvalue weighted by Gasteiger charge is 2.21. The van der Waals surface area contributed by atoms with E-state index in [1.165, 1.54) is 20.0 Å². The number of nitrogens with one attached hydrogen (secondary N) is 2. The second-order valence-electron chi connectivity index (χ2n) is 4.53. The SMILES string of the molecule is C=CCC(NC(=O)CNC1CCCC1)C(=O)OC. The van der Waals surface area contributed by atoms with Gasteiger partial charge in [-0.2, -0.15) is 0 Å². The number of hydrogen-bond acceptors (Lipinski definition) is 4. The zero-order chi connectivity index (χ0) is 13.4. The number of carbonyl (C=O) groups is 2. The third kappa shape index (κ3) is 4.87. The maximum Gasteiger partial charge on any atom is 0.328 e. The molecule has 1 aliphatic carbocycles. The van der Waals surface area contributed by atoms with Crippen molar-refractivity contribution < 1.29 is 14.3 Å². The van der Waals surface area contributed by atoms with Crippen molar-refractivity contribution in [2.45, 2.75) is 44.2 Å². The van der Waals surface area contributed by atoms with Crippen molar-refractivity contribution in [2.75, 3.05) is 13.7 Å². The van der Waals surface area contributed by atoms with Crippen LogP contribution in [0.4, 0.5) is 0 Å². The van der Waals surface area contributed by atoms with Gasteiger partial charge in [-0.25, -0.2) is 4.79 Å². The van der Waals surface area contributed by atoms with Crippen LogP contribution in [-0.2, 0) is 14.3 Å². The molecule has 1 aliphatic rings. The highest BCUT2D eigenvalue weighted by atomic mass is 16.5. The van der Waals surface area contributed by atoms with Crippen molar-refractivity contribution in [3.63, 3.8) is 0 Å². The van der Waals surface area contributed by atoms with E-state index in [9.17, 15) is 9.59 Å². The summed E-state index contributed by atoms with van der Waals surface area (Å²) in [6.45, 7) is 3.80. The van der Waals surface area contributed by atoms with E-state index in [0.717, 1.165) is 12.8 Å². The van der Waals surface area contributed by atoms with Gasteiger partial charge < -0.3 is 15.4 Å². The van der Waals surface area contributed by atoms with Gasteiger partial charge in [-0.3, -0.25) is 4.79 Å². The number of hydrogen-bond donors (Lipinski definition) is 2. The summed E-state index contributed by atoms with van der Waals surface area (Å²) < 4.78 is 4.62. The Labute approximate surface area is 108 Å². The first kappa shape index (κ1) is 14.7. The Bertz CT molecular complexity index is 299. The molecule has 0 bridgehead atoms. The number of esters is 1. The standard InChI is InChI=1S/C13H22N2O3/c1-3-6-11(13(17)18-2)15-12(16)9-14-10-7-4-5-8-10/h3,10-11,14H,1,4-9H2,2H3,(H,15,16). The van der Waals surface area contributed by atoms with Crippen molar-refractivity contribution >= 4 is 11.9 Å². The van der Waals surface area contributed by atoms with Gasteiger partial charge in [-0.1, -0.05) is 18.9 Å². The molecule has 0 spiro atoms. The summed E-state index contributed by atoms with van der Waals surface area (Å²) in [4.78, 5) is 23.1. The Hall–Kier alpha value is -1.36. The molecule has 0 aromatic rings. The van der Waals surface area contributed by atoms with E-state index < -0.39 is 12.0 Å². The monoisotopic (exact) mass is 254 g/mol. The largest absolute Gasteiger partial charge is 0.467 e. The van der Waals surface area contributed by atoms with Crippen LogP contribution in [0.3, 0.4) is 0 Å². The van der Waals surface area contributed by atoms with E-state index >= 15 is 0 Å². The lowest BCUT2D eigenvalue weighted by molar-refractivity contribution is -0.144. The van der Waals surface area contributed by atoms with Crippen LogP contribution >= 0.6 is 0 Å². The highest BCUT2D eigenvalue weighted by molar-refractivity contribution is 5.85. The second kappa shape index (κ2) is 7.87. The van der Waals surface area contributed by atoms with Crippen molar-refractivity contribution in [3.8, 4) is 0 Å². The molecule has 5 nitrogen and oxygen atoms in total. The van der Waals surface area contributed by atoms with Gasteiger partial charge in [0.05, 0.1) is 13.7 Å². The van der Waals surface area contributed by atoms with Gasteiger partial charge in [0.2, 0.25) is 5.91 Å². The van der Waals surface area contributed by atoms with E-state index in [1.54, 1.807) is 6.08 Å². The molecule has 0 aliphatic heterocycles. The minimum absolute atomic E-state index is 0.181. The molecule has 1 amide bonds. The molecule has 0 aromatic carbocycles. The van der Waals surface area contributed by atoms with Gasteiger partial charge in [-0.05, 0) is 19.3 Å². The molecule has 102 valence electrons. The van der Waals surface area contributed by atoms with Crippen molar-refractivity contribution in [3.05, 3.63) is 12.7 Å². The van der Waals surface area contributed by atoms with Crippen molar-refractivity contribution in [1.82, 2.24) is 10.6 Å². The fraction of sp³-hybridized carbons (Fsp3) is 0.692. The van der Waals surface area contributed by atoms with E-state index in [2.05, 4.69) is 21.9 Å². The Morgan fingerprint density at radius 1 is 1.44 bits per heavy atom. The third-order valence-corrected chi connectivity index (χ3v) is 3.13. The van der Waals surface area contributed by atoms with E-state index in [-0.39, 0.29) is 12.5 Å². The van der Waals surface area contributed by atoms with Gasteiger partial charge >= 0.3 is 5.97 Å². The van der Waals surface area contributed by atoms with Crippen LogP contribution in [0.15, 0.2) is 12.7 Å². The molecule has 0 heterocycles. The number of ether oxygens (including phenoxy) is 1. The van der Waals surface area contributed by atoms with E-state index in [1.807, 2.05) is 0 Å². The fourth-order valence-corrected chi connectivity index (χ4v) is 2.14. The minimum Gasteiger partial charge on any atom is -0.467 e. The summed E-state index contributed by atoms with van der Waals surface area (Å²) >= 11 is 0. The lowest BCUT2D eigenvalue weighted by atomic mass is 10.2. The van der Waals surface area contributed by atoms with E-state index in [0.29, 0.717) is 12.5 Å². The molecule has 5 heteroatoms. The van der Waals surface area contributed by atoms with Gasteiger partial charge in [-0.15, -0.1) is 6.58 Å². The molecule has 0 radical (unpaired) electrons. The Morgan fingerprint density at radius 2 is 2.11 bits per heavy atom. The molecule has 18 heavy (non-hydrogen) atoms. The minimum atomic E-state index is -0.634. The van der Waals surface area contributed by atoms with Crippen LogP contribution in [-0.4, -0.2) is 37.6 Å². The third-order valence-electron chi connectivity index (χ3n) is 3.13. The zero-order valence-electron chi connectivity index (χ0n) is 10.9. The molecular formula is C13H22N2O3. The molecule has 0 aromatic heterocycles. The average molecular weight is 254 g/mol. The summed E-state index contributed by atoms with van der Waals surface area (Å²) in [5, 5.41) is 5.84. The molecule has 1 rings (SSSR count). The molecule has 1 saturated carbocycles. The van der Waals surface area contributed by atoms with Crippen molar-refractivity contribution in [2.24, 2.45) is 0 Å². The first-order valence-corrected chi connectivity index (χ1v) is 6.38. The molecule has 0 saturated heterocycles. The lowest BCUT2D eigenvalue weighted by Crippen LogP contribution is -2.46. The maximum absolute atomic E-state index is 11.7. The first-order chi connectivity index (χ1) is 8.67. The Kier molecular flexibility index (Phi) is 6.43. The average Bonchev–Trinajstić information content (AvgIpc) is 2.88. The summed E-state index contributed by atoms with van der Waals surface area (Å²) in [5.41, 5.74) is 0. The van der Waals surface area contributed by atoms with Crippen LogP contribution < -0.4 is 10.6 Å². The quantitative estimate of drug-likeness (QED) is 0.520. The number of amides is 1. The first-order valence-electron chi connectivity index (χ1n) is 6.38. The Balaban J connectivity index is 2.30. The van der Waals surface area contributed by atoms with Crippen LogP contribution in [0.1, 0.15) is 32.1 Å². The van der Waals surface area contributed by atoms with Crippen LogP contribution in [0.2, 0.25) is 0 Å².